The topological polar surface area (TPSA) is 76.1 Å². The number of amides is 2. The highest BCUT2D eigenvalue weighted by atomic mass is 35.5. The van der Waals surface area contributed by atoms with E-state index in [2.05, 4.69) is 6.92 Å². The summed E-state index contributed by atoms with van der Waals surface area (Å²) in [7, 11) is 0. The van der Waals surface area contributed by atoms with Crippen molar-refractivity contribution < 1.29 is 24.2 Å². The van der Waals surface area contributed by atoms with E-state index in [1.165, 1.54) is 11.0 Å². The van der Waals surface area contributed by atoms with Crippen LogP contribution in [0.25, 0.3) is 6.08 Å². The normalized spacial score (nSPS) is 25.1. The number of nitrogens with zero attached hydrogens (tertiary/aromatic N) is 1. The van der Waals surface area contributed by atoms with Gasteiger partial charge in [-0.25, -0.2) is 0 Å². The van der Waals surface area contributed by atoms with Crippen LogP contribution in [0.1, 0.15) is 45.1 Å². The van der Waals surface area contributed by atoms with E-state index < -0.39 is 0 Å². The van der Waals surface area contributed by atoms with Gasteiger partial charge in [0.1, 0.15) is 18.1 Å². The maximum absolute atomic E-state index is 13.4. The number of phenols is 1. The number of benzene rings is 2. The molecule has 0 saturated carbocycles. The zero-order valence-corrected chi connectivity index (χ0v) is 22.6. The summed E-state index contributed by atoms with van der Waals surface area (Å²) in [4.78, 5) is 28.1. The van der Waals surface area contributed by atoms with Gasteiger partial charge in [-0.05, 0) is 79.6 Å². The lowest BCUT2D eigenvalue weighted by Crippen LogP contribution is -2.35. The van der Waals surface area contributed by atoms with Gasteiger partial charge in [-0.3, -0.25) is 14.5 Å². The van der Waals surface area contributed by atoms with E-state index in [-0.39, 0.29) is 41.4 Å². The number of imide groups is 1. The van der Waals surface area contributed by atoms with E-state index >= 15 is 0 Å². The molecule has 0 spiro atoms. The smallest absolute Gasteiger partial charge is 0.233 e. The summed E-state index contributed by atoms with van der Waals surface area (Å²) in [5.74, 6) is 0.0453. The molecule has 0 bridgehead atoms. The maximum Gasteiger partial charge on any atom is 0.233 e. The summed E-state index contributed by atoms with van der Waals surface area (Å²) in [6.45, 7) is 5.34. The number of allylic oxidation sites excluding steroid dienone is 1. The van der Waals surface area contributed by atoms with Gasteiger partial charge in [0, 0.05) is 12.5 Å². The minimum Gasteiger partial charge on any atom is -0.508 e. The zero-order valence-electron chi connectivity index (χ0n) is 21.9. The molecule has 7 heteroatoms. The summed E-state index contributed by atoms with van der Waals surface area (Å²) < 4.78 is 12.5. The molecule has 200 valence electrons. The van der Waals surface area contributed by atoms with Crippen LogP contribution in [0.4, 0.5) is 0 Å². The number of phenolic OH excluding ortho intramolecular Hbond substituents is 1. The van der Waals surface area contributed by atoms with Gasteiger partial charge in [-0.2, -0.15) is 0 Å². The molecule has 1 aliphatic carbocycles. The predicted molar refractivity (Wildman–Crippen MR) is 147 cm³/mol. The molecule has 2 aliphatic heterocycles. The zero-order chi connectivity index (χ0) is 26.8. The van der Waals surface area contributed by atoms with Gasteiger partial charge < -0.3 is 14.6 Å². The van der Waals surface area contributed by atoms with Gasteiger partial charge in [0.25, 0.3) is 0 Å². The summed E-state index contributed by atoms with van der Waals surface area (Å²) in [5, 5.41) is 10.1. The van der Waals surface area contributed by atoms with Crippen molar-refractivity contribution in [3.8, 4) is 11.5 Å². The van der Waals surface area contributed by atoms with Crippen molar-refractivity contribution in [3.63, 3.8) is 0 Å². The van der Waals surface area contributed by atoms with E-state index in [0.717, 1.165) is 47.3 Å². The number of fused-ring (bicyclic) bond motifs is 3. The average molecular weight is 536 g/mol. The van der Waals surface area contributed by atoms with E-state index in [1.807, 2.05) is 43.3 Å². The van der Waals surface area contributed by atoms with Crippen LogP contribution in [0.5, 0.6) is 11.5 Å². The second-order valence-electron chi connectivity index (χ2n) is 10.5. The largest absolute Gasteiger partial charge is 0.508 e. The van der Waals surface area contributed by atoms with Crippen molar-refractivity contribution >= 4 is 29.5 Å². The number of aromatic hydroxyl groups is 1. The first-order valence-electron chi connectivity index (χ1n) is 13.4. The number of rotatable bonds is 9. The van der Waals surface area contributed by atoms with Crippen LogP contribution in [0.15, 0.2) is 65.3 Å². The molecule has 2 aromatic rings. The molecule has 0 unspecified atom stereocenters. The second-order valence-corrected chi connectivity index (χ2v) is 10.9. The van der Waals surface area contributed by atoms with E-state index in [9.17, 15) is 14.7 Å². The van der Waals surface area contributed by atoms with Crippen LogP contribution >= 0.6 is 11.6 Å². The van der Waals surface area contributed by atoms with Crippen LogP contribution in [-0.2, 0) is 14.3 Å². The lowest BCUT2D eigenvalue weighted by atomic mass is 9.69. The van der Waals surface area contributed by atoms with Crippen LogP contribution in [0.3, 0.4) is 0 Å². The van der Waals surface area contributed by atoms with Crippen molar-refractivity contribution in [1.29, 1.82) is 0 Å². The Kier molecular flexibility index (Phi) is 7.91. The predicted octanol–water partition coefficient (Wildman–Crippen LogP) is 6.03. The Hall–Kier alpha value is -3.09. The van der Waals surface area contributed by atoms with Gasteiger partial charge >= 0.3 is 0 Å². The summed E-state index contributed by atoms with van der Waals surface area (Å²) in [5.41, 5.74) is 4.24. The number of carbonyl (C=O) groups is 2. The lowest BCUT2D eigenvalue weighted by molar-refractivity contribution is -0.140. The molecule has 6 nitrogen and oxygen atoms in total. The first-order chi connectivity index (χ1) is 18.4. The van der Waals surface area contributed by atoms with Gasteiger partial charge in [-0.1, -0.05) is 48.4 Å². The first kappa shape index (κ1) is 26.5. The highest BCUT2D eigenvalue weighted by Gasteiger charge is 2.56. The number of hydrogen-bond acceptors (Lipinski definition) is 5. The Labute approximate surface area is 228 Å². The van der Waals surface area contributed by atoms with Crippen LogP contribution in [0.2, 0.25) is 5.02 Å². The van der Waals surface area contributed by atoms with Crippen molar-refractivity contribution in [2.45, 2.75) is 45.6 Å². The number of hydrogen-bond donors (Lipinski definition) is 1. The van der Waals surface area contributed by atoms with E-state index in [1.54, 1.807) is 12.1 Å². The SMILES string of the molecule is CCCN1C(=O)[C@@H]2[C@@H](CC(COc3ccccc3)=C3[C@@H](CC/C(C)=C/c4ccc(O)cc4Cl)OC[C@@H]32)C1=O. The third-order valence-corrected chi connectivity index (χ3v) is 8.22. The monoisotopic (exact) mass is 535 g/mol. The molecule has 0 aromatic heterocycles. The van der Waals surface area contributed by atoms with Gasteiger partial charge in [0.15, 0.2) is 0 Å². The minimum absolute atomic E-state index is 0.0466. The van der Waals surface area contributed by atoms with E-state index in [4.69, 9.17) is 21.1 Å². The fourth-order valence-corrected chi connectivity index (χ4v) is 6.36. The molecule has 2 saturated heterocycles. The summed E-state index contributed by atoms with van der Waals surface area (Å²) >= 11 is 6.29. The van der Waals surface area contributed by atoms with Crippen molar-refractivity contribution in [2.24, 2.45) is 17.8 Å². The number of para-hydroxylation sites is 1. The number of likely N-dealkylation sites (tertiary alicyclic amines) is 1. The Morgan fingerprint density at radius 1 is 1.16 bits per heavy atom. The third-order valence-electron chi connectivity index (χ3n) is 7.89. The van der Waals surface area contributed by atoms with Crippen molar-refractivity contribution in [1.82, 2.24) is 4.90 Å². The standard InChI is InChI=1S/C31H34ClNO5/c1-3-13-33-30(35)24-15-21(17-37-23-7-5-4-6-8-23)28-25(29(24)31(33)36)18-38-27(28)12-9-19(2)14-20-10-11-22(34)16-26(20)32/h4-8,10-11,14,16,24-25,27,29,34H,3,9,12-13,15,17-18H2,1-2H3/b19-14+/t24-,25+,27-,29-/m1/s1. The lowest BCUT2D eigenvalue weighted by Gasteiger charge is -2.31. The molecule has 1 N–H and O–H groups in total. The molecule has 38 heavy (non-hydrogen) atoms. The Balaban J connectivity index is 1.38. The van der Waals surface area contributed by atoms with Crippen LogP contribution in [-0.4, -0.2) is 47.7 Å². The van der Waals surface area contributed by atoms with Crippen molar-refractivity contribution in [3.05, 3.63) is 75.8 Å². The number of ether oxygens (including phenoxy) is 2. The summed E-state index contributed by atoms with van der Waals surface area (Å²) in [6.07, 6.45) is 4.73. The fourth-order valence-electron chi connectivity index (χ4n) is 6.13. The van der Waals surface area contributed by atoms with Gasteiger partial charge in [0.05, 0.1) is 29.6 Å². The molecule has 4 atom stereocenters. The average Bonchev–Trinajstić information content (AvgIpc) is 3.43. The second kappa shape index (κ2) is 11.3. The molecule has 0 radical (unpaired) electrons. The summed E-state index contributed by atoms with van der Waals surface area (Å²) in [6, 6.07) is 14.6. The first-order valence-corrected chi connectivity index (χ1v) is 13.8. The molecule has 2 heterocycles. The number of carbonyl (C=O) groups excluding carboxylic acids is 2. The highest BCUT2D eigenvalue weighted by molar-refractivity contribution is 6.32. The maximum atomic E-state index is 13.4. The van der Waals surface area contributed by atoms with Crippen LogP contribution < -0.4 is 4.74 Å². The molecule has 5 rings (SSSR count). The van der Waals surface area contributed by atoms with Crippen LogP contribution in [0, 0.1) is 17.8 Å². The molecule has 2 amide bonds. The molecule has 2 fully saturated rings. The third kappa shape index (κ3) is 5.25. The van der Waals surface area contributed by atoms with E-state index in [0.29, 0.717) is 31.2 Å². The van der Waals surface area contributed by atoms with Crippen molar-refractivity contribution in [2.75, 3.05) is 19.8 Å². The molecule has 3 aliphatic rings. The molecule has 2 aromatic carbocycles. The van der Waals surface area contributed by atoms with Gasteiger partial charge in [-0.15, -0.1) is 0 Å². The highest BCUT2D eigenvalue weighted by Crippen LogP contribution is 2.50. The Bertz CT molecular complexity index is 1270. The Morgan fingerprint density at radius 3 is 2.68 bits per heavy atom. The Morgan fingerprint density at radius 2 is 1.95 bits per heavy atom. The minimum atomic E-state index is -0.345. The van der Waals surface area contributed by atoms with Gasteiger partial charge in [0.2, 0.25) is 11.8 Å². The quantitative estimate of drug-likeness (QED) is 0.313. The molecular weight excluding hydrogens is 502 g/mol. The molecular formula is C31H34ClNO5. The number of halogens is 1. The fraction of sp³-hybridized carbons (Fsp3) is 0.419.